The highest BCUT2D eigenvalue weighted by Gasteiger charge is 2.48. The van der Waals surface area contributed by atoms with E-state index in [9.17, 15) is 0 Å². The Morgan fingerprint density at radius 1 is 1.19 bits per heavy atom. The molecule has 122 valence electrons. The highest BCUT2D eigenvalue weighted by atomic mass is 127. The molecule has 0 spiro atoms. The highest BCUT2D eigenvalue weighted by Crippen LogP contribution is 2.56. The summed E-state index contributed by atoms with van der Waals surface area (Å²) in [6.45, 7) is 8.23. The van der Waals surface area contributed by atoms with E-state index in [0.29, 0.717) is 5.41 Å². The van der Waals surface area contributed by atoms with Crippen LogP contribution in [0.5, 0.6) is 0 Å². The third-order valence-corrected chi connectivity index (χ3v) is 5.77. The Morgan fingerprint density at radius 3 is 2.24 bits per heavy atom. The molecule has 3 rings (SSSR count). The van der Waals surface area contributed by atoms with Crippen molar-refractivity contribution in [1.82, 2.24) is 10.2 Å². The molecule has 3 aliphatic rings. The van der Waals surface area contributed by atoms with Gasteiger partial charge in [0, 0.05) is 26.7 Å². The molecule has 0 radical (unpaired) electrons. The molecule has 2 saturated carbocycles. The molecule has 0 aromatic carbocycles. The monoisotopic (exact) mass is 405 g/mol. The first-order valence-corrected chi connectivity index (χ1v) is 8.58. The molecule has 21 heavy (non-hydrogen) atoms. The largest absolute Gasteiger partial charge is 0.356 e. The Labute approximate surface area is 147 Å². The fourth-order valence-electron chi connectivity index (χ4n) is 4.48. The number of aliphatic imine (C=N–C) groups is 1. The van der Waals surface area contributed by atoms with E-state index in [0.717, 1.165) is 30.3 Å². The highest BCUT2D eigenvalue weighted by molar-refractivity contribution is 14.0. The minimum Gasteiger partial charge on any atom is -0.356 e. The van der Waals surface area contributed by atoms with Crippen molar-refractivity contribution in [1.29, 1.82) is 0 Å². The van der Waals surface area contributed by atoms with Crippen LogP contribution >= 0.6 is 24.0 Å². The Morgan fingerprint density at radius 2 is 1.81 bits per heavy atom. The van der Waals surface area contributed by atoms with E-state index in [4.69, 9.17) is 0 Å². The van der Waals surface area contributed by atoms with Crippen LogP contribution in [0.4, 0.5) is 0 Å². The molecular formula is C17H32IN3. The maximum Gasteiger partial charge on any atom is 0.193 e. The minimum absolute atomic E-state index is 0. The fraction of sp³-hybridized carbons (Fsp3) is 0.941. The molecule has 2 unspecified atom stereocenters. The number of nitrogens with zero attached hydrogens (tertiary/aromatic N) is 2. The summed E-state index contributed by atoms with van der Waals surface area (Å²) in [5.74, 6) is 3.74. The average Bonchev–Trinajstić information content (AvgIpc) is 3.16. The number of hydrogen-bond donors (Lipinski definition) is 1. The summed E-state index contributed by atoms with van der Waals surface area (Å²) >= 11 is 0. The Kier molecular flexibility index (Phi) is 5.83. The van der Waals surface area contributed by atoms with Crippen molar-refractivity contribution < 1.29 is 0 Å². The lowest BCUT2D eigenvalue weighted by Crippen LogP contribution is -2.52. The van der Waals surface area contributed by atoms with Gasteiger partial charge in [-0.05, 0) is 55.3 Å². The van der Waals surface area contributed by atoms with Crippen molar-refractivity contribution in [3.05, 3.63) is 0 Å². The van der Waals surface area contributed by atoms with Gasteiger partial charge in [-0.15, -0.1) is 24.0 Å². The number of nitrogens with one attached hydrogen (secondary N) is 1. The molecule has 0 amide bonds. The Bertz CT molecular complexity index is 364. The van der Waals surface area contributed by atoms with Crippen LogP contribution in [-0.4, -0.2) is 37.5 Å². The van der Waals surface area contributed by atoms with E-state index in [-0.39, 0.29) is 24.0 Å². The summed E-state index contributed by atoms with van der Waals surface area (Å²) in [7, 11) is 1.94. The van der Waals surface area contributed by atoms with Gasteiger partial charge in [0.15, 0.2) is 5.96 Å². The van der Waals surface area contributed by atoms with Gasteiger partial charge in [-0.3, -0.25) is 4.99 Å². The second-order valence-electron chi connectivity index (χ2n) is 7.74. The number of piperidine rings is 1. The summed E-state index contributed by atoms with van der Waals surface area (Å²) in [6.07, 6.45) is 8.62. The van der Waals surface area contributed by atoms with Gasteiger partial charge in [0.05, 0.1) is 0 Å². The molecule has 1 aliphatic heterocycles. The predicted octanol–water partition coefficient (Wildman–Crippen LogP) is 3.74. The molecule has 0 aromatic rings. The van der Waals surface area contributed by atoms with Crippen molar-refractivity contribution in [2.45, 2.75) is 52.4 Å². The van der Waals surface area contributed by atoms with E-state index < -0.39 is 0 Å². The van der Waals surface area contributed by atoms with Crippen LogP contribution in [0, 0.1) is 23.2 Å². The second-order valence-corrected chi connectivity index (χ2v) is 7.74. The summed E-state index contributed by atoms with van der Waals surface area (Å²) in [5.41, 5.74) is 0.628. The first kappa shape index (κ1) is 17.4. The predicted molar refractivity (Wildman–Crippen MR) is 100 cm³/mol. The quantitative estimate of drug-likeness (QED) is 0.440. The Balaban J connectivity index is 0.00000161. The van der Waals surface area contributed by atoms with E-state index in [2.05, 4.69) is 29.1 Å². The number of guanidine groups is 1. The smallest absolute Gasteiger partial charge is 0.193 e. The molecule has 3 nitrogen and oxygen atoms in total. The zero-order valence-electron chi connectivity index (χ0n) is 13.9. The normalized spacial score (nSPS) is 32.1. The van der Waals surface area contributed by atoms with Crippen LogP contribution < -0.4 is 5.32 Å². The summed E-state index contributed by atoms with van der Waals surface area (Å²) in [4.78, 5) is 7.04. The maximum absolute atomic E-state index is 4.55. The van der Waals surface area contributed by atoms with Crippen LogP contribution in [0.25, 0.3) is 0 Å². The summed E-state index contributed by atoms with van der Waals surface area (Å²) < 4.78 is 0. The standard InChI is InChI=1S/C17H31N3.HI/c1-13-9-14(2)11-20(10-13)16(18-3)19-12-17(7-4-8-17)15-5-6-15;/h13-15H,4-12H2,1-3H3,(H,18,19);1H. The molecule has 3 fully saturated rings. The van der Waals surface area contributed by atoms with Gasteiger partial charge in [-0.2, -0.15) is 0 Å². The van der Waals surface area contributed by atoms with E-state index in [1.165, 1.54) is 51.6 Å². The van der Waals surface area contributed by atoms with Crippen LogP contribution in [0.2, 0.25) is 0 Å². The first-order valence-electron chi connectivity index (χ1n) is 8.58. The lowest BCUT2D eigenvalue weighted by atomic mass is 9.65. The van der Waals surface area contributed by atoms with E-state index >= 15 is 0 Å². The van der Waals surface area contributed by atoms with Gasteiger partial charge in [0.25, 0.3) is 0 Å². The van der Waals surface area contributed by atoms with Gasteiger partial charge in [-0.1, -0.05) is 20.3 Å². The van der Waals surface area contributed by atoms with Crippen LogP contribution in [0.15, 0.2) is 4.99 Å². The van der Waals surface area contributed by atoms with Crippen molar-refractivity contribution in [3.63, 3.8) is 0 Å². The second kappa shape index (κ2) is 7.05. The van der Waals surface area contributed by atoms with Gasteiger partial charge in [0.1, 0.15) is 0 Å². The lowest BCUT2D eigenvalue weighted by Gasteiger charge is -2.44. The van der Waals surface area contributed by atoms with Gasteiger partial charge < -0.3 is 10.2 Å². The maximum atomic E-state index is 4.55. The SMILES string of the molecule is CN=C(NCC1(C2CC2)CCC1)N1CC(C)CC(C)C1.I. The van der Waals surface area contributed by atoms with Crippen LogP contribution in [0.3, 0.4) is 0 Å². The fourth-order valence-corrected chi connectivity index (χ4v) is 4.48. The number of hydrogen-bond acceptors (Lipinski definition) is 1. The van der Waals surface area contributed by atoms with Crippen molar-refractivity contribution >= 4 is 29.9 Å². The molecule has 0 aromatic heterocycles. The molecule has 1 heterocycles. The number of likely N-dealkylation sites (tertiary alicyclic amines) is 1. The van der Waals surface area contributed by atoms with E-state index in [1.807, 2.05) is 7.05 Å². The third-order valence-electron chi connectivity index (χ3n) is 5.77. The third kappa shape index (κ3) is 3.85. The zero-order valence-corrected chi connectivity index (χ0v) is 16.2. The summed E-state index contributed by atoms with van der Waals surface area (Å²) in [6, 6.07) is 0. The minimum atomic E-state index is 0. The first-order chi connectivity index (χ1) is 9.63. The van der Waals surface area contributed by atoms with Gasteiger partial charge >= 0.3 is 0 Å². The number of rotatable bonds is 3. The average molecular weight is 405 g/mol. The molecule has 1 N–H and O–H groups in total. The molecular weight excluding hydrogens is 373 g/mol. The van der Waals surface area contributed by atoms with Gasteiger partial charge in [-0.25, -0.2) is 0 Å². The molecule has 1 saturated heterocycles. The number of halogens is 1. The van der Waals surface area contributed by atoms with Crippen molar-refractivity contribution in [2.75, 3.05) is 26.7 Å². The molecule has 0 bridgehead atoms. The van der Waals surface area contributed by atoms with Crippen LogP contribution in [0.1, 0.15) is 52.4 Å². The summed E-state index contributed by atoms with van der Waals surface area (Å²) in [5, 5.41) is 3.72. The van der Waals surface area contributed by atoms with Crippen molar-refractivity contribution in [3.8, 4) is 0 Å². The topological polar surface area (TPSA) is 27.6 Å². The van der Waals surface area contributed by atoms with Crippen molar-refractivity contribution in [2.24, 2.45) is 28.2 Å². The molecule has 2 atom stereocenters. The molecule has 2 aliphatic carbocycles. The Hall–Kier alpha value is 0. The van der Waals surface area contributed by atoms with Crippen LogP contribution in [-0.2, 0) is 0 Å². The lowest BCUT2D eigenvalue weighted by molar-refractivity contribution is 0.103. The van der Waals surface area contributed by atoms with E-state index in [1.54, 1.807) is 0 Å². The van der Waals surface area contributed by atoms with Gasteiger partial charge in [0.2, 0.25) is 0 Å². The zero-order chi connectivity index (χ0) is 14.2. The molecule has 4 heteroatoms.